The van der Waals surface area contributed by atoms with Crippen molar-refractivity contribution in [3.05, 3.63) is 59.8 Å². The quantitative estimate of drug-likeness (QED) is 0.635. The van der Waals surface area contributed by atoms with Crippen LogP contribution in [0.15, 0.2) is 53.6 Å². The molecule has 0 aliphatic carbocycles. The fraction of sp³-hybridized carbons (Fsp3) is 0.211. The predicted molar refractivity (Wildman–Crippen MR) is 96.6 cm³/mol. The van der Waals surface area contributed by atoms with E-state index in [4.69, 9.17) is 4.74 Å². The molecule has 0 saturated carbocycles. The van der Waals surface area contributed by atoms with Gasteiger partial charge in [0.2, 0.25) is 0 Å². The average Bonchev–Trinajstić information content (AvgIpc) is 2.98. The molecule has 0 saturated heterocycles. The number of hydrogen-bond donors (Lipinski definition) is 0. The zero-order chi connectivity index (χ0) is 18.0. The summed E-state index contributed by atoms with van der Waals surface area (Å²) in [4.78, 5) is 11.0. The molecule has 0 amide bonds. The van der Waals surface area contributed by atoms with Gasteiger partial charge in [-0.1, -0.05) is 17.7 Å². The maximum absolute atomic E-state index is 13.1. The molecule has 0 spiro atoms. The largest absolute Gasteiger partial charge is 0.497 e. The number of rotatable bonds is 6. The van der Waals surface area contributed by atoms with Crippen molar-refractivity contribution in [2.75, 3.05) is 7.11 Å². The molecule has 130 valence electrons. The molecule has 3 rings (SSSR count). The van der Waals surface area contributed by atoms with E-state index in [-0.39, 0.29) is 4.90 Å². The van der Waals surface area contributed by atoms with E-state index in [0.717, 1.165) is 22.8 Å². The number of aromatic nitrogens is 1. The number of aldehydes is 1. The van der Waals surface area contributed by atoms with Crippen molar-refractivity contribution in [2.24, 2.45) is 0 Å². The molecular formula is C19H19NO4S. The van der Waals surface area contributed by atoms with E-state index in [9.17, 15) is 13.2 Å². The first-order valence-electron chi connectivity index (χ1n) is 7.91. The molecule has 0 unspecified atom stereocenters. The Morgan fingerprint density at radius 3 is 2.48 bits per heavy atom. The lowest BCUT2D eigenvalue weighted by Crippen LogP contribution is -2.11. The lowest BCUT2D eigenvalue weighted by Gasteiger charge is -2.08. The molecule has 2 aromatic carbocycles. The first kappa shape index (κ1) is 17.2. The molecule has 0 N–H and O–H groups in total. The third kappa shape index (κ3) is 3.17. The highest BCUT2D eigenvalue weighted by atomic mass is 32.2. The lowest BCUT2D eigenvalue weighted by atomic mass is 10.1. The number of fused-ring (bicyclic) bond motifs is 1. The summed E-state index contributed by atoms with van der Waals surface area (Å²) in [5.41, 5.74) is 2.37. The number of nitrogens with zero attached hydrogens (tertiary/aromatic N) is 1. The van der Waals surface area contributed by atoms with Crippen molar-refractivity contribution in [3.8, 4) is 5.75 Å². The van der Waals surface area contributed by atoms with Gasteiger partial charge in [0.05, 0.1) is 17.5 Å². The number of hydrogen-bond acceptors (Lipinski definition) is 4. The molecule has 1 aromatic heterocycles. The van der Waals surface area contributed by atoms with Crippen molar-refractivity contribution < 1.29 is 17.9 Å². The van der Waals surface area contributed by atoms with E-state index in [2.05, 4.69) is 0 Å². The van der Waals surface area contributed by atoms with Crippen LogP contribution in [0.25, 0.3) is 10.9 Å². The maximum Gasteiger partial charge on any atom is 0.268 e. The molecule has 0 aliphatic rings. The van der Waals surface area contributed by atoms with Crippen molar-refractivity contribution >= 4 is 27.2 Å². The minimum atomic E-state index is -3.72. The van der Waals surface area contributed by atoms with E-state index in [1.54, 1.807) is 55.8 Å². The van der Waals surface area contributed by atoms with E-state index in [1.807, 2.05) is 6.92 Å². The van der Waals surface area contributed by atoms with Crippen LogP contribution in [0.4, 0.5) is 0 Å². The van der Waals surface area contributed by atoms with Gasteiger partial charge in [-0.3, -0.25) is 0 Å². The third-order valence-electron chi connectivity index (χ3n) is 4.17. The van der Waals surface area contributed by atoms with Crippen LogP contribution in [0.2, 0.25) is 0 Å². The molecule has 0 aliphatic heterocycles. The van der Waals surface area contributed by atoms with Gasteiger partial charge in [-0.15, -0.1) is 0 Å². The van der Waals surface area contributed by atoms with E-state index >= 15 is 0 Å². The normalized spacial score (nSPS) is 11.6. The zero-order valence-corrected chi connectivity index (χ0v) is 14.9. The molecule has 6 heteroatoms. The summed E-state index contributed by atoms with van der Waals surface area (Å²) in [7, 11) is -2.16. The molecule has 0 bridgehead atoms. The van der Waals surface area contributed by atoms with Crippen LogP contribution in [0.5, 0.6) is 5.75 Å². The molecular weight excluding hydrogens is 338 g/mol. The van der Waals surface area contributed by atoms with E-state index in [0.29, 0.717) is 24.1 Å². The fourth-order valence-corrected chi connectivity index (χ4v) is 4.20. The molecule has 3 aromatic rings. The lowest BCUT2D eigenvalue weighted by molar-refractivity contribution is -0.107. The second-order valence-corrected chi connectivity index (χ2v) is 7.67. The highest BCUT2D eigenvalue weighted by molar-refractivity contribution is 7.90. The van der Waals surface area contributed by atoms with Crippen LogP contribution in [0.1, 0.15) is 17.5 Å². The summed E-state index contributed by atoms with van der Waals surface area (Å²) >= 11 is 0. The van der Waals surface area contributed by atoms with Gasteiger partial charge < -0.3 is 9.53 Å². The van der Waals surface area contributed by atoms with Crippen molar-refractivity contribution in [2.45, 2.75) is 24.7 Å². The summed E-state index contributed by atoms with van der Waals surface area (Å²) in [5, 5.41) is 0.775. The first-order chi connectivity index (χ1) is 12.0. The van der Waals surface area contributed by atoms with Gasteiger partial charge in [-0.25, -0.2) is 12.4 Å². The van der Waals surface area contributed by atoms with Crippen LogP contribution < -0.4 is 4.74 Å². The third-order valence-corrected chi connectivity index (χ3v) is 5.86. The van der Waals surface area contributed by atoms with Gasteiger partial charge in [-0.05, 0) is 49.2 Å². The topological polar surface area (TPSA) is 65.4 Å². The second kappa shape index (κ2) is 6.72. The number of benzene rings is 2. The summed E-state index contributed by atoms with van der Waals surface area (Å²) in [6, 6.07) is 12.0. The van der Waals surface area contributed by atoms with Crippen LogP contribution in [-0.2, 0) is 21.2 Å². The maximum atomic E-state index is 13.1. The Hall–Kier alpha value is -2.60. The Morgan fingerprint density at radius 2 is 1.84 bits per heavy atom. The van der Waals surface area contributed by atoms with Gasteiger partial charge in [-0.2, -0.15) is 0 Å². The SMILES string of the molecule is COc1ccc2c(c1)c(CCC=O)cn2S(=O)(=O)c1ccc(C)cc1. The monoisotopic (exact) mass is 357 g/mol. The van der Waals surface area contributed by atoms with E-state index < -0.39 is 10.0 Å². The Labute approximate surface area is 146 Å². The minimum absolute atomic E-state index is 0.229. The molecule has 0 atom stereocenters. The van der Waals surface area contributed by atoms with Crippen LogP contribution in [0, 0.1) is 6.92 Å². The van der Waals surface area contributed by atoms with Crippen molar-refractivity contribution in [3.63, 3.8) is 0 Å². The molecule has 25 heavy (non-hydrogen) atoms. The van der Waals surface area contributed by atoms with Gasteiger partial charge in [0, 0.05) is 18.0 Å². The number of carbonyl (C=O) groups is 1. The van der Waals surface area contributed by atoms with Crippen molar-refractivity contribution in [1.29, 1.82) is 0 Å². The Bertz CT molecular complexity index is 1020. The number of ether oxygens (including phenoxy) is 1. The van der Waals surface area contributed by atoms with Crippen LogP contribution in [-0.4, -0.2) is 25.8 Å². The number of aryl methyl sites for hydroxylation is 2. The Kier molecular flexibility index (Phi) is 4.63. The van der Waals surface area contributed by atoms with Crippen LogP contribution in [0.3, 0.4) is 0 Å². The molecule has 0 fully saturated rings. The molecule has 0 radical (unpaired) electrons. The summed E-state index contributed by atoms with van der Waals surface area (Å²) in [5.74, 6) is 0.644. The van der Waals surface area contributed by atoms with Crippen LogP contribution >= 0.6 is 0 Å². The van der Waals surface area contributed by atoms with Gasteiger partial charge in [0.25, 0.3) is 10.0 Å². The van der Waals surface area contributed by atoms with Gasteiger partial charge >= 0.3 is 0 Å². The highest BCUT2D eigenvalue weighted by Gasteiger charge is 2.21. The number of carbonyl (C=O) groups excluding carboxylic acids is 1. The van der Waals surface area contributed by atoms with Gasteiger partial charge in [0.1, 0.15) is 12.0 Å². The summed E-state index contributed by atoms with van der Waals surface area (Å²) in [6.07, 6.45) is 3.24. The zero-order valence-electron chi connectivity index (χ0n) is 14.1. The summed E-state index contributed by atoms with van der Waals surface area (Å²) in [6.45, 7) is 1.91. The highest BCUT2D eigenvalue weighted by Crippen LogP contribution is 2.30. The first-order valence-corrected chi connectivity index (χ1v) is 9.35. The average molecular weight is 357 g/mol. The molecule has 5 nitrogen and oxygen atoms in total. The smallest absolute Gasteiger partial charge is 0.268 e. The minimum Gasteiger partial charge on any atom is -0.497 e. The Morgan fingerprint density at radius 1 is 1.12 bits per heavy atom. The fourth-order valence-electron chi connectivity index (χ4n) is 2.81. The standard InChI is InChI=1S/C19H19NO4S/c1-14-5-8-17(9-6-14)25(22,23)20-13-15(4-3-11-21)18-12-16(24-2)7-10-19(18)20/h5-13H,3-4H2,1-2H3. The Balaban J connectivity index is 2.21. The van der Waals surface area contributed by atoms with Gasteiger partial charge in [0.15, 0.2) is 0 Å². The predicted octanol–water partition coefficient (Wildman–Crippen LogP) is 3.33. The summed E-state index contributed by atoms with van der Waals surface area (Å²) < 4.78 is 32.7. The van der Waals surface area contributed by atoms with Crippen molar-refractivity contribution in [1.82, 2.24) is 3.97 Å². The molecule has 1 heterocycles. The number of methoxy groups -OCH3 is 1. The second-order valence-electron chi connectivity index (χ2n) is 5.86. The van der Waals surface area contributed by atoms with E-state index in [1.165, 1.54) is 3.97 Å².